The van der Waals surface area contributed by atoms with Crippen molar-refractivity contribution in [2.45, 2.75) is 46.1 Å². The maximum atomic E-state index is 4.40. The van der Waals surface area contributed by atoms with Gasteiger partial charge in [-0.25, -0.2) is 4.98 Å². The number of aryl methyl sites for hydroxylation is 2. The molecule has 0 amide bonds. The molecule has 3 heteroatoms. The van der Waals surface area contributed by atoms with Crippen LogP contribution >= 0.6 is 11.3 Å². The highest BCUT2D eigenvalue weighted by Gasteiger charge is 2.17. The van der Waals surface area contributed by atoms with E-state index in [9.17, 15) is 0 Å². The second-order valence-electron chi connectivity index (χ2n) is 5.18. The lowest BCUT2D eigenvalue weighted by atomic mass is 10.0. The third-order valence-corrected chi connectivity index (χ3v) is 4.49. The van der Waals surface area contributed by atoms with Gasteiger partial charge in [0.25, 0.3) is 0 Å². The summed E-state index contributed by atoms with van der Waals surface area (Å²) in [7, 11) is 0. The Bertz CT molecular complexity index is 516. The normalized spacial score (nSPS) is 12.6. The number of hydrogen-bond acceptors (Lipinski definition) is 3. The Hall–Kier alpha value is -1.19. The number of nitrogens with one attached hydrogen (secondary N) is 1. The highest BCUT2D eigenvalue weighted by Crippen LogP contribution is 2.28. The zero-order chi connectivity index (χ0) is 14.4. The van der Waals surface area contributed by atoms with Gasteiger partial charge in [-0.1, -0.05) is 44.5 Å². The summed E-state index contributed by atoms with van der Waals surface area (Å²) in [6, 6.07) is 9.32. The molecule has 1 heterocycles. The first-order valence-electron chi connectivity index (χ1n) is 7.48. The lowest BCUT2D eigenvalue weighted by Gasteiger charge is -2.18. The maximum absolute atomic E-state index is 4.40. The largest absolute Gasteiger partial charge is 0.306 e. The molecule has 1 aromatic heterocycles. The molecular formula is C17H24N2S. The van der Waals surface area contributed by atoms with E-state index in [-0.39, 0.29) is 6.04 Å². The fourth-order valence-corrected chi connectivity index (χ4v) is 3.31. The monoisotopic (exact) mass is 288 g/mol. The van der Waals surface area contributed by atoms with Crippen LogP contribution in [0.4, 0.5) is 0 Å². The van der Waals surface area contributed by atoms with Crippen LogP contribution < -0.4 is 5.32 Å². The molecule has 0 fully saturated rings. The van der Waals surface area contributed by atoms with Gasteiger partial charge in [0.15, 0.2) is 0 Å². The Balaban J connectivity index is 2.24. The summed E-state index contributed by atoms with van der Waals surface area (Å²) >= 11 is 1.74. The van der Waals surface area contributed by atoms with E-state index < -0.39 is 0 Å². The molecule has 0 spiro atoms. The third-order valence-electron chi connectivity index (χ3n) is 3.49. The van der Waals surface area contributed by atoms with E-state index in [1.54, 1.807) is 11.3 Å². The van der Waals surface area contributed by atoms with E-state index in [0.717, 1.165) is 25.1 Å². The van der Waals surface area contributed by atoms with Gasteiger partial charge in [-0.05, 0) is 37.4 Å². The fourth-order valence-electron chi connectivity index (χ4n) is 2.40. The Morgan fingerprint density at radius 3 is 2.45 bits per heavy atom. The van der Waals surface area contributed by atoms with E-state index in [0.29, 0.717) is 0 Å². The number of thiazole rings is 1. The number of hydrogen-bond donors (Lipinski definition) is 1. The van der Waals surface area contributed by atoms with E-state index >= 15 is 0 Å². The first kappa shape index (κ1) is 15.2. The van der Waals surface area contributed by atoms with Crippen LogP contribution in [0.5, 0.6) is 0 Å². The summed E-state index contributed by atoms with van der Waals surface area (Å²) in [4.78, 5) is 5.73. The second kappa shape index (κ2) is 7.55. The standard InChI is InChI=1S/C17H24N2S/c1-4-6-14-7-9-15(10-8-14)16(18-11-5-2)17-13(3)19-12-20-17/h7-10,12,16,18H,4-6,11H2,1-3H3. The molecule has 0 bridgehead atoms. The van der Waals surface area contributed by atoms with Crippen molar-refractivity contribution < 1.29 is 0 Å². The van der Waals surface area contributed by atoms with E-state index in [1.807, 2.05) is 5.51 Å². The minimum atomic E-state index is 0.276. The van der Waals surface area contributed by atoms with E-state index in [4.69, 9.17) is 0 Å². The van der Waals surface area contributed by atoms with Crippen molar-refractivity contribution in [3.63, 3.8) is 0 Å². The van der Waals surface area contributed by atoms with Crippen molar-refractivity contribution in [2.75, 3.05) is 6.54 Å². The highest BCUT2D eigenvalue weighted by molar-refractivity contribution is 7.09. The van der Waals surface area contributed by atoms with Crippen LogP contribution in [0, 0.1) is 6.92 Å². The number of nitrogens with zero attached hydrogens (tertiary/aromatic N) is 1. The lowest BCUT2D eigenvalue weighted by Crippen LogP contribution is -2.23. The summed E-state index contributed by atoms with van der Waals surface area (Å²) in [5.74, 6) is 0. The summed E-state index contributed by atoms with van der Waals surface area (Å²) < 4.78 is 0. The molecule has 20 heavy (non-hydrogen) atoms. The molecule has 0 radical (unpaired) electrons. The molecule has 0 saturated heterocycles. The van der Waals surface area contributed by atoms with Crippen LogP contribution in [0.15, 0.2) is 29.8 Å². The first-order valence-corrected chi connectivity index (χ1v) is 8.36. The first-order chi connectivity index (χ1) is 9.76. The van der Waals surface area contributed by atoms with Gasteiger partial charge in [0.2, 0.25) is 0 Å². The van der Waals surface area contributed by atoms with Gasteiger partial charge in [-0.2, -0.15) is 0 Å². The second-order valence-corrected chi connectivity index (χ2v) is 6.07. The molecule has 2 aromatic rings. The van der Waals surface area contributed by atoms with Crippen molar-refractivity contribution >= 4 is 11.3 Å². The Morgan fingerprint density at radius 1 is 1.15 bits per heavy atom. The fraction of sp³-hybridized carbons (Fsp3) is 0.471. The Morgan fingerprint density at radius 2 is 1.90 bits per heavy atom. The molecule has 0 aliphatic rings. The molecular weight excluding hydrogens is 264 g/mol. The van der Waals surface area contributed by atoms with Crippen molar-refractivity contribution in [3.8, 4) is 0 Å². The van der Waals surface area contributed by atoms with Gasteiger partial charge in [-0.15, -0.1) is 11.3 Å². The van der Waals surface area contributed by atoms with Gasteiger partial charge in [0, 0.05) is 4.88 Å². The van der Waals surface area contributed by atoms with Crippen LogP contribution in [0.1, 0.15) is 54.4 Å². The number of aromatic nitrogens is 1. The van der Waals surface area contributed by atoms with Crippen LogP contribution in [0.3, 0.4) is 0 Å². The molecule has 1 unspecified atom stereocenters. The van der Waals surface area contributed by atoms with Crippen molar-refractivity contribution in [1.29, 1.82) is 0 Å². The van der Waals surface area contributed by atoms with Gasteiger partial charge in [0.1, 0.15) is 0 Å². The summed E-state index contributed by atoms with van der Waals surface area (Å²) in [5, 5.41) is 3.65. The molecule has 0 saturated carbocycles. The van der Waals surface area contributed by atoms with Crippen LogP contribution in [0.2, 0.25) is 0 Å². The predicted molar refractivity (Wildman–Crippen MR) is 87.4 cm³/mol. The van der Waals surface area contributed by atoms with Crippen LogP contribution in [-0.4, -0.2) is 11.5 Å². The summed E-state index contributed by atoms with van der Waals surface area (Å²) in [6.07, 6.45) is 3.50. The Kier molecular flexibility index (Phi) is 5.74. The van der Waals surface area contributed by atoms with Gasteiger partial charge < -0.3 is 5.32 Å². The predicted octanol–water partition coefficient (Wildman–Crippen LogP) is 4.49. The van der Waals surface area contributed by atoms with Gasteiger partial charge in [0.05, 0.1) is 17.2 Å². The molecule has 0 aliphatic heterocycles. The SMILES string of the molecule is CCCNC(c1ccc(CCC)cc1)c1scnc1C. The average molecular weight is 288 g/mol. The van der Waals surface area contributed by atoms with Gasteiger partial charge >= 0.3 is 0 Å². The molecule has 2 nitrogen and oxygen atoms in total. The molecule has 2 rings (SSSR count). The molecule has 1 atom stereocenters. The van der Waals surface area contributed by atoms with Crippen molar-refractivity contribution in [1.82, 2.24) is 10.3 Å². The molecule has 0 aliphatic carbocycles. The maximum Gasteiger partial charge on any atom is 0.0798 e. The summed E-state index contributed by atoms with van der Waals surface area (Å²) in [5.41, 5.74) is 5.84. The quantitative estimate of drug-likeness (QED) is 0.812. The lowest BCUT2D eigenvalue weighted by molar-refractivity contribution is 0.602. The highest BCUT2D eigenvalue weighted by atomic mass is 32.1. The van der Waals surface area contributed by atoms with Crippen LogP contribution in [-0.2, 0) is 6.42 Å². The van der Waals surface area contributed by atoms with Crippen LogP contribution in [0.25, 0.3) is 0 Å². The minimum Gasteiger partial charge on any atom is -0.306 e. The van der Waals surface area contributed by atoms with Gasteiger partial charge in [-0.3, -0.25) is 0 Å². The minimum absolute atomic E-state index is 0.276. The van der Waals surface area contributed by atoms with E-state index in [2.05, 4.69) is 55.3 Å². The third kappa shape index (κ3) is 3.68. The van der Waals surface area contributed by atoms with Crippen molar-refractivity contribution in [3.05, 3.63) is 51.5 Å². The Labute approximate surface area is 126 Å². The molecule has 1 N–H and O–H groups in total. The smallest absolute Gasteiger partial charge is 0.0798 e. The van der Waals surface area contributed by atoms with E-state index in [1.165, 1.54) is 22.4 Å². The molecule has 1 aromatic carbocycles. The summed E-state index contributed by atoms with van der Waals surface area (Å²) in [6.45, 7) is 7.55. The average Bonchev–Trinajstić information content (AvgIpc) is 2.88. The number of rotatable bonds is 7. The van der Waals surface area contributed by atoms with Crippen molar-refractivity contribution in [2.24, 2.45) is 0 Å². The zero-order valence-electron chi connectivity index (χ0n) is 12.6. The zero-order valence-corrected chi connectivity index (χ0v) is 13.5. The topological polar surface area (TPSA) is 24.9 Å². The number of benzene rings is 1. The molecule has 108 valence electrons.